The number of allylic oxidation sites excluding steroid dienone is 1. The number of rotatable bonds is 6. The minimum atomic E-state index is -1.38. The second-order valence-corrected chi connectivity index (χ2v) is 5.01. The van der Waals surface area contributed by atoms with Crippen LogP contribution in [-0.4, -0.2) is 14.5 Å². The normalized spacial score (nSPS) is 11.4. The summed E-state index contributed by atoms with van der Waals surface area (Å²) in [4.78, 5) is 0. The van der Waals surface area contributed by atoms with Crippen molar-refractivity contribution in [3.05, 3.63) is 11.0 Å². The first-order valence-electron chi connectivity index (χ1n) is 4.57. The lowest BCUT2D eigenvalue weighted by molar-refractivity contribution is 0.186. The summed E-state index contributed by atoms with van der Waals surface area (Å²) in [6.45, 7) is 2.10. The third kappa shape index (κ3) is 5.18. The van der Waals surface area contributed by atoms with E-state index in [0.717, 1.165) is 25.7 Å². The van der Waals surface area contributed by atoms with E-state index in [2.05, 4.69) is 6.92 Å². The fraction of sp³-hybridized carbons (Fsp3) is 0.778. The van der Waals surface area contributed by atoms with Crippen molar-refractivity contribution in [2.75, 3.05) is 0 Å². The highest BCUT2D eigenvalue weighted by Gasteiger charge is 2.31. The Kier molecular flexibility index (Phi) is 6.75. The Hall–Kier alpha value is 0.210. The minimum Gasteiger partial charge on any atom is -0.480 e. The fourth-order valence-corrected chi connectivity index (χ4v) is 1.58. The Morgan fingerprint density at radius 2 is 1.71 bits per heavy atom. The first-order chi connectivity index (χ1) is 6.41. The van der Waals surface area contributed by atoms with Crippen molar-refractivity contribution in [1.82, 2.24) is 0 Å². The molecule has 0 atom stereocenters. The molecule has 0 heterocycles. The van der Waals surface area contributed by atoms with Gasteiger partial charge in [-0.15, -0.1) is 0 Å². The van der Waals surface area contributed by atoms with Gasteiger partial charge in [0.05, 0.1) is 0 Å². The zero-order valence-electron chi connectivity index (χ0n) is 8.06. The maximum Gasteiger partial charge on any atom is 0.292 e. The van der Waals surface area contributed by atoms with Crippen LogP contribution in [0.5, 0.6) is 0 Å². The average molecular weight is 262 g/mol. The van der Waals surface area contributed by atoms with Crippen molar-refractivity contribution in [2.24, 2.45) is 0 Å². The van der Waals surface area contributed by atoms with Gasteiger partial charge in [-0.1, -0.05) is 67.4 Å². The summed E-state index contributed by atoms with van der Waals surface area (Å²) in [6.07, 6.45) is 4.46. The molecule has 0 radical (unpaired) electrons. The van der Waals surface area contributed by atoms with Crippen LogP contribution in [0.1, 0.15) is 39.0 Å². The van der Waals surface area contributed by atoms with Crippen molar-refractivity contribution >= 4 is 34.8 Å². The molecule has 2 nitrogen and oxygen atoms in total. The fourth-order valence-electron chi connectivity index (χ4n) is 1.05. The molecule has 0 amide bonds. The number of aliphatic hydroxyl groups excluding tert-OH is 1. The molecule has 0 aromatic heterocycles. The van der Waals surface area contributed by atoms with E-state index in [1.54, 1.807) is 0 Å². The Labute approximate surface area is 99.5 Å². The highest BCUT2D eigenvalue weighted by atomic mass is 35.5. The zero-order valence-corrected chi connectivity index (χ0v) is 10.3. The molecule has 0 unspecified atom stereocenters. The van der Waals surface area contributed by atoms with Crippen molar-refractivity contribution < 1.29 is 10.2 Å². The van der Waals surface area contributed by atoms with Gasteiger partial charge in [0.2, 0.25) is 0 Å². The lowest BCUT2D eigenvalue weighted by Crippen LogP contribution is -2.14. The number of alkyl halides is 2. The van der Waals surface area contributed by atoms with Gasteiger partial charge < -0.3 is 10.2 Å². The van der Waals surface area contributed by atoms with Crippen LogP contribution in [0.25, 0.3) is 0 Å². The van der Waals surface area contributed by atoms with Crippen molar-refractivity contribution in [3.8, 4) is 0 Å². The predicted octanol–water partition coefficient (Wildman–Crippen LogP) is 4.65. The van der Waals surface area contributed by atoms with Crippen LogP contribution >= 0.6 is 34.8 Å². The minimum absolute atomic E-state index is 0.308. The number of halogens is 3. The van der Waals surface area contributed by atoms with Crippen molar-refractivity contribution in [3.63, 3.8) is 0 Å². The highest BCUT2D eigenvalue weighted by Crippen LogP contribution is 2.38. The van der Waals surface area contributed by atoms with E-state index >= 15 is 0 Å². The second kappa shape index (κ2) is 6.65. The first-order valence-corrected chi connectivity index (χ1v) is 5.71. The summed E-state index contributed by atoms with van der Waals surface area (Å²) >= 11 is 17.2. The molecule has 0 saturated carbocycles. The SMILES string of the molecule is CCCCCCC(Cl)(Cl)C(Cl)=C(O)O. The smallest absolute Gasteiger partial charge is 0.292 e. The van der Waals surface area contributed by atoms with E-state index in [4.69, 9.17) is 45.0 Å². The molecule has 0 spiro atoms. The molecule has 0 aromatic rings. The van der Waals surface area contributed by atoms with E-state index in [0.29, 0.717) is 6.42 Å². The molecule has 0 fully saturated rings. The molecule has 0 aromatic carbocycles. The number of hydrogen-bond acceptors (Lipinski definition) is 2. The van der Waals surface area contributed by atoms with Crippen LogP contribution in [-0.2, 0) is 0 Å². The van der Waals surface area contributed by atoms with E-state index in [-0.39, 0.29) is 5.03 Å². The summed E-state index contributed by atoms with van der Waals surface area (Å²) < 4.78 is -1.38. The van der Waals surface area contributed by atoms with Gasteiger partial charge in [0, 0.05) is 0 Å². The monoisotopic (exact) mass is 260 g/mol. The van der Waals surface area contributed by atoms with Crippen LogP contribution in [0.3, 0.4) is 0 Å². The molecule has 0 rings (SSSR count). The Morgan fingerprint density at radius 1 is 1.14 bits per heavy atom. The number of unbranched alkanes of at least 4 members (excludes halogenated alkanes) is 3. The van der Waals surface area contributed by atoms with E-state index in [9.17, 15) is 0 Å². The van der Waals surface area contributed by atoms with Crippen molar-refractivity contribution in [2.45, 2.75) is 43.4 Å². The predicted molar refractivity (Wildman–Crippen MR) is 61.3 cm³/mol. The van der Waals surface area contributed by atoms with E-state index in [1.165, 1.54) is 0 Å². The van der Waals surface area contributed by atoms with Gasteiger partial charge in [-0.3, -0.25) is 0 Å². The molecule has 14 heavy (non-hydrogen) atoms. The summed E-state index contributed by atoms with van der Waals surface area (Å²) in [5, 5.41) is 17.1. The summed E-state index contributed by atoms with van der Waals surface area (Å²) in [5.74, 6) is -1.01. The lowest BCUT2D eigenvalue weighted by Gasteiger charge is -2.17. The number of hydrogen-bond donors (Lipinski definition) is 2. The average Bonchev–Trinajstić information content (AvgIpc) is 2.11. The topological polar surface area (TPSA) is 40.5 Å². The highest BCUT2D eigenvalue weighted by molar-refractivity contribution is 6.56. The van der Waals surface area contributed by atoms with E-state index in [1.807, 2.05) is 0 Å². The van der Waals surface area contributed by atoms with Gasteiger partial charge in [0.25, 0.3) is 5.95 Å². The molecule has 84 valence electrons. The van der Waals surface area contributed by atoms with Crippen LogP contribution in [0.4, 0.5) is 0 Å². The molecule has 0 aliphatic carbocycles. The van der Waals surface area contributed by atoms with Crippen LogP contribution < -0.4 is 0 Å². The second-order valence-electron chi connectivity index (χ2n) is 3.15. The molecule has 0 aliphatic rings. The molecule has 2 N–H and O–H groups in total. The largest absolute Gasteiger partial charge is 0.480 e. The van der Waals surface area contributed by atoms with Gasteiger partial charge in [0.15, 0.2) is 4.33 Å². The third-order valence-electron chi connectivity index (χ3n) is 1.86. The van der Waals surface area contributed by atoms with Crippen LogP contribution in [0.15, 0.2) is 11.0 Å². The first kappa shape index (κ1) is 14.2. The van der Waals surface area contributed by atoms with Gasteiger partial charge in [-0.25, -0.2) is 0 Å². The van der Waals surface area contributed by atoms with Gasteiger partial charge in [-0.2, -0.15) is 0 Å². The standard InChI is InChI=1S/C9H15Cl3O2/c1-2-3-4-5-6-9(11,12)7(10)8(13)14/h13-14H,2-6H2,1H3. The van der Waals surface area contributed by atoms with Gasteiger partial charge in [-0.05, 0) is 6.42 Å². The summed E-state index contributed by atoms with van der Waals surface area (Å²) in [5.41, 5.74) is 0. The van der Waals surface area contributed by atoms with E-state index < -0.39 is 10.3 Å². The van der Waals surface area contributed by atoms with Crippen LogP contribution in [0.2, 0.25) is 0 Å². The van der Waals surface area contributed by atoms with Gasteiger partial charge >= 0.3 is 0 Å². The summed E-state index contributed by atoms with van der Waals surface area (Å²) in [7, 11) is 0. The lowest BCUT2D eigenvalue weighted by atomic mass is 10.1. The molecule has 0 saturated heterocycles. The molecule has 0 bridgehead atoms. The quantitative estimate of drug-likeness (QED) is 0.415. The van der Waals surface area contributed by atoms with Crippen LogP contribution in [0, 0.1) is 0 Å². The molecule has 0 aliphatic heterocycles. The Bertz CT molecular complexity index is 198. The summed E-state index contributed by atoms with van der Waals surface area (Å²) in [6, 6.07) is 0. The molecular formula is C9H15Cl3O2. The third-order valence-corrected chi connectivity index (χ3v) is 3.30. The maximum absolute atomic E-state index is 8.69. The number of aliphatic hydroxyl groups is 2. The maximum atomic E-state index is 8.69. The van der Waals surface area contributed by atoms with Crippen molar-refractivity contribution in [1.29, 1.82) is 0 Å². The Balaban J connectivity index is 4.02. The Morgan fingerprint density at radius 3 is 2.14 bits per heavy atom. The zero-order chi connectivity index (χ0) is 11.2. The molecule has 5 heteroatoms. The molecular weight excluding hydrogens is 246 g/mol. The van der Waals surface area contributed by atoms with Gasteiger partial charge in [0.1, 0.15) is 5.03 Å².